The zero-order valence-electron chi connectivity index (χ0n) is 12.1. The van der Waals surface area contributed by atoms with Gasteiger partial charge in [0, 0.05) is 19.3 Å². The Hall–Kier alpha value is -1.68. The van der Waals surface area contributed by atoms with Crippen molar-refractivity contribution in [3.8, 4) is 0 Å². The summed E-state index contributed by atoms with van der Waals surface area (Å²) in [7, 11) is 0. The second-order valence-electron chi connectivity index (χ2n) is 5.44. The molecule has 0 aliphatic heterocycles. The third-order valence-corrected chi connectivity index (χ3v) is 3.24. The minimum Gasteiger partial charge on any atom is -0.333 e. The number of benzene rings is 1. The number of imidazole rings is 1. The number of nitrogens with one attached hydrogen (secondary N) is 1. The van der Waals surface area contributed by atoms with Crippen molar-refractivity contribution >= 4 is 0 Å². The number of hydrogen-bond donors (Lipinski definition) is 1. The second-order valence-corrected chi connectivity index (χ2v) is 5.44. The van der Waals surface area contributed by atoms with Crippen LogP contribution in [0, 0.1) is 11.7 Å². The normalized spacial score (nSPS) is 11.2. The van der Waals surface area contributed by atoms with Gasteiger partial charge in [0.15, 0.2) is 0 Å². The lowest BCUT2D eigenvalue weighted by Gasteiger charge is -2.11. The van der Waals surface area contributed by atoms with Gasteiger partial charge in [0.25, 0.3) is 0 Å². The van der Waals surface area contributed by atoms with Crippen molar-refractivity contribution in [1.82, 2.24) is 14.9 Å². The zero-order valence-corrected chi connectivity index (χ0v) is 12.1. The van der Waals surface area contributed by atoms with E-state index in [2.05, 4.69) is 28.7 Å². The molecule has 0 spiro atoms. The molecule has 0 aliphatic rings. The molecule has 1 aromatic heterocycles. The van der Waals surface area contributed by atoms with Crippen molar-refractivity contribution < 1.29 is 4.39 Å². The summed E-state index contributed by atoms with van der Waals surface area (Å²) in [6.07, 6.45) is 4.36. The number of halogens is 1. The summed E-state index contributed by atoms with van der Waals surface area (Å²) >= 11 is 0. The largest absolute Gasteiger partial charge is 0.333 e. The average Bonchev–Trinajstić information content (AvgIpc) is 2.85. The lowest BCUT2D eigenvalue weighted by Crippen LogP contribution is -2.21. The summed E-state index contributed by atoms with van der Waals surface area (Å²) in [6.45, 7) is 6.90. The Kier molecular flexibility index (Phi) is 5.30. The summed E-state index contributed by atoms with van der Waals surface area (Å²) in [4.78, 5) is 4.18. The maximum Gasteiger partial charge on any atom is 0.126 e. The summed E-state index contributed by atoms with van der Waals surface area (Å²) in [5.74, 6) is 0.497. The maximum absolute atomic E-state index is 13.6. The predicted molar refractivity (Wildman–Crippen MR) is 78.9 cm³/mol. The molecule has 0 fully saturated rings. The molecular weight excluding hydrogens is 253 g/mol. The molecule has 2 rings (SSSR count). The quantitative estimate of drug-likeness (QED) is 0.842. The first-order valence-electron chi connectivity index (χ1n) is 7.10. The molecule has 1 aromatic carbocycles. The van der Waals surface area contributed by atoms with Crippen LogP contribution in [0.4, 0.5) is 4.39 Å². The Morgan fingerprint density at radius 1 is 1.30 bits per heavy atom. The average molecular weight is 275 g/mol. The Bertz CT molecular complexity index is 534. The lowest BCUT2D eigenvalue weighted by atomic mass is 10.1. The van der Waals surface area contributed by atoms with Gasteiger partial charge in [-0.1, -0.05) is 32.0 Å². The Morgan fingerprint density at radius 2 is 2.10 bits per heavy atom. The van der Waals surface area contributed by atoms with Crippen LogP contribution in [0.5, 0.6) is 0 Å². The van der Waals surface area contributed by atoms with E-state index in [1.165, 1.54) is 6.07 Å². The highest BCUT2D eigenvalue weighted by Crippen LogP contribution is 2.09. The lowest BCUT2D eigenvalue weighted by molar-refractivity contribution is 0.531. The monoisotopic (exact) mass is 275 g/mol. The van der Waals surface area contributed by atoms with Crippen molar-refractivity contribution in [2.24, 2.45) is 5.92 Å². The fourth-order valence-electron chi connectivity index (χ4n) is 2.13. The molecule has 0 amide bonds. The highest BCUT2D eigenvalue weighted by atomic mass is 19.1. The minimum absolute atomic E-state index is 0.132. The van der Waals surface area contributed by atoms with Gasteiger partial charge < -0.3 is 9.88 Å². The number of aromatic nitrogens is 2. The third-order valence-electron chi connectivity index (χ3n) is 3.24. The molecule has 1 N–H and O–H groups in total. The van der Waals surface area contributed by atoms with Crippen molar-refractivity contribution in [1.29, 1.82) is 0 Å². The number of hydrogen-bond acceptors (Lipinski definition) is 2. The Labute approximate surface area is 119 Å². The molecule has 1 heterocycles. The molecule has 0 aliphatic carbocycles. The standard InChI is InChI=1S/C16H22FN3/c1-13(2)9-18-10-15-11-19-12-20(15)8-7-14-5-3-4-6-16(14)17/h3-6,11-13,18H,7-10H2,1-2H3. The van der Waals surface area contributed by atoms with Crippen molar-refractivity contribution in [3.05, 3.63) is 53.9 Å². The topological polar surface area (TPSA) is 29.9 Å². The van der Waals surface area contributed by atoms with Crippen LogP contribution in [0.1, 0.15) is 25.1 Å². The van der Waals surface area contributed by atoms with Crippen molar-refractivity contribution in [2.75, 3.05) is 6.54 Å². The van der Waals surface area contributed by atoms with E-state index in [0.717, 1.165) is 30.9 Å². The van der Waals surface area contributed by atoms with Crippen molar-refractivity contribution in [2.45, 2.75) is 33.4 Å². The van der Waals surface area contributed by atoms with Gasteiger partial charge in [0.1, 0.15) is 5.82 Å². The molecule has 0 saturated heterocycles. The van der Waals surface area contributed by atoms with Gasteiger partial charge in [-0.15, -0.1) is 0 Å². The SMILES string of the molecule is CC(C)CNCc1cncn1CCc1ccccc1F. The molecule has 0 atom stereocenters. The summed E-state index contributed by atoms with van der Waals surface area (Å²) in [5, 5.41) is 3.40. The number of aryl methyl sites for hydroxylation is 2. The van der Waals surface area contributed by atoms with Gasteiger partial charge in [-0.3, -0.25) is 0 Å². The Balaban J connectivity index is 1.90. The fourth-order valence-corrected chi connectivity index (χ4v) is 2.13. The maximum atomic E-state index is 13.6. The predicted octanol–water partition coefficient (Wildman–Crippen LogP) is 3.01. The van der Waals surface area contributed by atoms with Crippen LogP contribution in [-0.4, -0.2) is 16.1 Å². The van der Waals surface area contributed by atoms with E-state index in [9.17, 15) is 4.39 Å². The summed E-state index contributed by atoms with van der Waals surface area (Å²) < 4.78 is 15.7. The molecule has 0 radical (unpaired) electrons. The summed E-state index contributed by atoms with van der Waals surface area (Å²) in [5.41, 5.74) is 1.89. The Morgan fingerprint density at radius 3 is 2.85 bits per heavy atom. The van der Waals surface area contributed by atoms with Crippen molar-refractivity contribution in [3.63, 3.8) is 0 Å². The molecule has 0 unspecified atom stereocenters. The highest BCUT2D eigenvalue weighted by Gasteiger charge is 2.05. The molecule has 3 nitrogen and oxygen atoms in total. The van der Waals surface area contributed by atoms with Crippen LogP contribution in [0.3, 0.4) is 0 Å². The van der Waals surface area contributed by atoms with E-state index >= 15 is 0 Å². The van der Waals surface area contributed by atoms with E-state index < -0.39 is 0 Å². The zero-order chi connectivity index (χ0) is 14.4. The van der Waals surface area contributed by atoms with Crippen LogP contribution >= 0.6 is 0 Å². The van der Waals surface area contributed by atoms with Gasteiger partial charge in [-0.05, 0) is 30.5 Å². The second kappa shape index (κ2) is 7.20. The van der Waals surface area contributed by atoms with Gasteiger partial charge in [0.2, 0.25) is 0 Å². The van der Waals surface area contributed by atoms with Crippen LogP contribution in [0.2, 0.25) is 0 Å². The molecule has 4 heteroatoms. The number of nitrogens with zero attached hydrogens (tertiary/aromatic N) is 2. The van der Waals surface area contributed by atoms with Gasteiger partial charge >= 0.3 is 0 Å². The van der Waals surface area contributed by atoms with Gasteiger partial charge in [-0.25, -0.2) is 9.37 Å². The molecule has 0 saturated carbocycles. The van der Waals surface area contributed by atoms with E-state index in [0.29, 0.717) is 12.3 Å². The molecule has 108 valence electrons. The van der Waals surface area contributed by atoms with Gasteiger partial charge in [-0.2, -0.15) is 0 Å². The van der Waals surface area contributed by atoms with Gasteiger partial charge in [0.05, 0.1) is 12.0 Å². The fraction of sp³-hybridized carbons (Fsp3) is 0.438. The molecule has 0 bridgehead atoms. The first-order valence-corrected chi connectivity index (χ1v) is 7.10. The minimum atomic E-state index is -0.132. The van der Waals surface area contributed by atoms with E-state index in [-0.39, 0.29) is 5.82 Å². The van der Waals surface area contributed by atoms with E-state index in [1.54, 1.807) is 6.07 Å². The first-order chi connectivity index (χ1) is 9.66. The number of rotatable bonds is 7. The van der Waals surface area contributed by atoms with Crippen LogP contribution in [0.15, 0.2) is 36.8 Å². The summed E-state index contributed by atoms with van der Waals surface area (Å²) in [6, 6.07) is 6.94. The van der Waals surface area contributed by atoms with Crippen LogP contribution in [0.25, 0.3) is 0 Å². The van der Waals surface area contributed by atoms with Crippen LogP contribution in [-0.2, 0) is 19.5 Å². The molecule has 2 aromatic rings. The molecular formula is C16H22FN3. The highest BCUT2D eigenvalue weighted by molar-refractivity contribution is 5.17. The van der Waals surface area contributed by atoms with Crippen LogP contribution < -0.4 is 5.32 Å². The van der Waals surface area contributed by atoms with E-state index in [4.69, 9.17) is 0 Å². The van der Waals surface area contributed by atoms with E-state index in [1.807, 2.05) is 24.7 Å². The first kappa shape index (κ1) is 14.7. The smallest absolute Gasteiger partial charge is 0.126 e. The third kappa shape index (κ3) is 4.17. The molecule has 20 heavy (non-hydrogen) atoms.